The average molecular weight is 289 g/mol. The van der Waals surface area contributed by atoms with Gasteiger partial charge >= 0.3 is 5.97 Å². The number of carboxylic acids is 1. The summed E-state index contributed by atoms with van der Waals surface area (Å²) in [6.07, 6.45) is -0.00604. The van der Waals surface area contributed by atoms with Crippen LogP contribution in [0, 0.1) is 0 Å². The molecule has 0 aliphatic heterocycles. The predicted octanol–water partition coefficient (Wildman–Crippen LogP) is 3.39. The van der Waals surface area contributed by atoms with Crippen molar-refractivity contribution in [1.29, 1.82) is 0 Å². The van der Waals surface area contributed by atoms with Gasteiger partial charge in [-0.25, -0.2) is 4.98 Å². The van der Waals surface area contributed by atoms with Crippen LogP contribution < -0.4 is 4.74 Å². The number of carboxylic acid groups (broad SMARTS) is 1. The summed E-state index contributed by atoms with van der Waals surface area (Å²) in [7, 11) is 0. The van der Waals surface area contributed by atoms with Gasteiger partial charge in [-0.15, -0.1) is 11.3 Å². The Morgan fingerprint density at radius 3 is 2.70 bits per heavy atom. The summed E-state index contributed by atoms with van der Waals surface area (Å²) in [6, 6.07) is 7.46. The molecule has 0 unspecified atom stereocenters. The molecule has 0 bridgehead atoms. The number of hydrogen-bond donors (Lipinski definition) is 1. The van der Waals surface area contributed by atoms with Gasteiger partial charge in [0.25, 0.3) is 0 Å². The zero-order chi connectivity index (χ0) is 14.5. The van der Waals surface area contributed by atoms with E-state index in [0.29, 0.717) is 6.61 Å². The van der Waals surface area contributed by atoms with E-state index in [1.807, 2.05) is 31.2 Å². The fourth-order valence-corrected chi connectivity index (χ4v) is 2.46. The van der Waals surface area contributed by atoms with Crippen LogP contribution in [0.2, 0.25) is 0 Å². The summed E-state index contributed by atoms with van der Waals surface area (Å²) in [4.78, 5) is 15.8. The first-order valence-electron chi connectivity index (χ1n) is 6.08. The zero-order valence-corrected chi connectivity index (χ0v) is 11.9. The Morgan fingerprint density at radius 2 is 2.10 bits per heavy atom. The highest BCUT2D eigenvalue weighted by Crippen LogP contribution is 2.27. The van der Waals surface area contributed by atoms with Crippen molar-refractivity contribution in [2.24, 2.45) is 0 Å². The number of benzene rings is 1. The molecule has 0 saturated carbocycles. The summed E-state index contributed by atoms with van der Waals surface area (Å²) in [5.74, 6) is -0.0938. The van der Waals surface area contributed by atoms with E-state index in [1.54, 1.807) is 5.51 Å². The third-order valence-electron chi connectivity index (χ3n) is 2.57. The number of aliphatic carboxylic acids is 1. The second kappa shape index (κ2) is 6.34. The molecule has 1 heterocycles. The molecule has 0 aliphatic rings. The van der Waals surface area contributed by atoms with Gasteiger partial charge in [-0.1, -0.05) is 6.58 Å². The van der Waals surface area contributed by atoms with Crippen LogP contribution in [0.5, 0.6) is 5.75 Å². The minimum Gasteiger partial charge on any atom is -0.489 e. The van der Waals surface area contributed by atoms with Crippen LogP contribution >= 0.6 is 11.3 Å². The number of thiazole rings is 1. The van der Waals surface area contributed by atoms with Crippen molar-refractivity contribution in [3.8, 4) is 17.0 Å². The first-order valence-corrected chi connectivity index (χ1v) is 6.96. The number of ether oxygens (including phenoxy) is 1. The van der Waals surface area contributed by atoms with Crippen molar-refractivity contribution in [3.63, 3.8) is 0 Å². The molecule has 0 atom stereocenters. The SMILES string of the molecule is C=C(C)COc1ccc(-c2ncsc2CC(=O)O)cc1. The zero-order valence-electron chi connectivity index (χ0n) is 11.1. The lowest BCUT2D eigenvalue weighted by molar-refractivity contribution is -0.136. The van der Waals surface area contributed by atoms with E-state index < -0.39 is 5.97 Å². The molecule has 104 valence electrons. The van der Waals surface area contributed by atoms with Gasteiger partial charge in [0.1, 0.15) is 12.4 Å². The van der Waals surface area contributed by atoms with Crippen molar-refractivity contribution < 1.29 is 14.6 Å². The fourth-order valence-electron chi connectivity index (χ4n) is 1.68. The molecule has 2 rings (SSSR count). The van der Waals surface area contributed by atoms with Gasteiger partial charge in [0.2, 0.25) is 0 Å². The van der Waals surface area contributed by atoms with Crippen molar-refractivity contribution in [1.82, 2.24) is 4.98 Å². The van der Waals surface area contributed by atoms with Crippen LogP contribution in [0.1, 0.15) is 11.8 Å². The maximum atomic E-state index is 10.8. The Balaban J connectivity index is 2.15. The van der Waals surface area contributed by atoms with Gasteiger partial charge in [0.05, 0.1) is 17.6 Å². The molecular weight excluding hydrogens is 274 g/mol. The molecule has 1 N–H and O–H groups in total. The first kappa shape index (κ1) is 14.3. The Kier molecular flexibility index (Phi) is 4.53. The number of carbonyl (C=O) groups is 1. The largest absolute Gasteiger partial charge is 0.489 e. The van der Waals surface area contributed by atoms with E-state index in [-0.39, 0.29) is 6.42 Å². The third-order valence-corrected chi connectivity index (χ3v) is 3.40. The maximum Gasteiger partial charge on any atom is 0.308 e. The maximum absolute atomic E-state index is 10.8. The van der Waals surface area contributed by atoms with Crippen LogP contribution in [0.3, 0.4) is 0 Å². The first-order chi connectivity index (χ1) is 9.56. The van der Waals surface area contributed by atoms with Crippen molar-refractivity contribution >= 4 is 17.3 Å². The van der Waals surface area contributed by atoms with Crippen molar-refractivity contribution in [2.45, 2.75) is 13.3 Å². The Bertz CT molecular complexity index is 616. The number of aromatic nitrogens is 1. The van der Waals surface area contributed by atoms with Crippen LogP contribution in [0.4, 0.5) is 0 Å². The number of hydrogen-bond acceptors (Lipinski definition) is 4. The fraction of sp³-hybridized carbons (Fsp3) is 0.200. The molecule has 0 radical (unpaired) electrons. The number of nitrogens with zero attached hydrogens (tertiary/aromatic N) is 1. The standard InChI is InChI=1S/C15H15NO3S/c1-10(2)8-19-12-5-3-11(4-6-12)15-13(7-14(17)18)20-9-16-15/h3-6,9H,1,7-8H2,2H3,(H,17,18). The molecule has 4 nitrogen and oxygen atoms in total. The lowest BCUT2D eigenvalue weighted by atomic mass is 10.1. The van der Waals surface area contributed by atoms with Gasteiger partial charge in [0, 0.05) is 10.4 Å². The summed E-state index contributed by atoms with van der Waals surface area (Å²) in [5.41, 5.74) is 4.24. The van der Waals surface area contributed by atoms with Gasteiger partial charge in [-0.2, -0.15) is 0 Å². The quantitative estimate of drug-likeness (QED) is 0.828. The van der Waals surface area contributed by atoms with Crippen molar-refractivity contribution in [3.05, 3.63) is 46.8 Å². The van der Waals surface area contributed by atoms with Crippen LogP contribution in [0.25, 0.3) is 11.3 Å². The highest BCUT2D eigenvalue weighted by molar-refractivity contribution is 7.10. The Labute approximate surface area is 121 Å². The second-order valence-corrected chi connectivity index (χ2v) is 5.40. The molecule has 0 spiro atoms. The lowest BCUT2D eigenvalue weighted by Crippen LogP contribution is -2.00. The highest BCUT2D eigenvalue weighted by atomic mass is 32.1. The monoisotopic (exact) mass is 289 g/mol. The topological polar surface area (TPSA) is 59.4 Å². The van der Waals surface area contributed by atoms with Crippen LogP contribution in [0.15, 0.2) is 41.9 Å². The molecule has 0 amide bonds. The van der Waals surface area contributed by atoms with Gasteiger partial charge < -0.3 is 9.84 Å². The summed E-state index contributed by atoms with van der Waals surface area (Å²) < 4.78 is 5.52. The minimum atomic E-state index is -0.850. The van der Waals surface area contributed by atoms with Crippen LogP contribution in [-0.2, 0) is 11.2 Å². The van der Waals surface area contributed by atoms with Gasteiger partial charge in [0.15, 0.2) is 0 Å². The molecule has 0 fully saturated rings. The van der Waals surface area contributed by atoms with E-state index in [2.05, 4.69) is 11.6 Å². The van der Waals surface area contributed by atoms with E-state index >= 15 is 0 Å². The second-order valence-electron chi connectivity index (χ2n) is 4.46. The van der Waals surface area contributed by atoms with E-state index in [9.17, 15) is 4.79 Å². The Hall–Kier alpha value is -2.14. The summed E-state index contributed by atoms with van der Waals surface area (Å²) in [6.45, 7) is 6.17. The highest BCUT2D eigenvalue weighted by Gasteiger charge is 2.12. The average Bonchev–Trinajstić information content (AvgIpc) is 2.84. The van der Waals surface area contributed by atoms with E-state index in [4.69, 9.17) is 9.84 Å². The minimum absolute atomic E-state index is 0.00604. The lowest BCUT2D eigenvalue weighted by Gasteiger charge is -2.06. The molecular formula is C15H15NO3S. The third kappa shape index (κ3) is 3.68. The number of rotatable bonds is 6. The Morgan fingerprint density at radius 1 is 1.40 bits per heavy atom. The molecule has 2 aromatic rings. The molecule has 0 saturated heterocycles. The van der Waals surface area contributed by atoms with Gasteiger partial charge in [-0.05, 0) is 36.8 Å². The smallest absolute Gasteiger partial charge is 0.308 e. The van der Waals surface area contributed by atoms with Crippen molar-refractivity contribution in [2.75, 3.05) is 6.61 Å². The molecule has 0 aliphatic carbocycles. The van der Waals surface area contributed by atoms with Gasteiger partial charge in [-0.3, -0.25) is 4.79 Å². The molecule has 20 heavy (non-hydrogen) atoms. The van der Waals surface area contributed by atoms with E-state index in [0.717, 1.165) is 27.5 Å². The summed E-state index contributed by atoms with van der Waals surface area (Å²) >= 11 is 1.36. The van der Waals surface area contributed by atoms with Crippen LogP contribution in [-0.4, -0.2) is 22.7 Å². The molecule has 5 heteroatoms. The molecule has 1 aromatic heterocycles. The van der Waals surface area contributed by atoms with E-state index in [1.165, 1.54) is 11.3 Å². The summed E-state index contributed by atoms with van der Waals surface area (Å²) in [5, 5.41) is 8.87. The predicted molar refractivity (Wildman–Crippen MR) is 79.2 cm³/mol. The molecule has 1 aromatic carbocycles. The normalized spacial score (nSPS) is 10.2.